The zero-order valence-corrected chi connectivity index (χ0v) is 21.2. The number of nitrogens with zero attached hydrogens (tertiary/aromatic N) is 4. The molecule has 2 amide bonds. The molecule has 10 nitrogen and oxygen atoms in total. The van der Waals surface area contributed by atoms with E-state index in [-0.39, 0.29) is 24.7 Å². The maximum atomic E-state index is 13.7. The van der Waals surface area contributed by atoms with Gasteiger partial charge in [0.1, 0.15) is 11.2 Å². The van der Waals surface area contributed by atoms with Gasteiger partial charge >= 0.3 is 6.09 Å². The van der Waals surface area contributed by atoms with Gasteiger partial charge in [0, 0.05) is 30.9 Å². The van der Waals surface area contributed by atoms with Gasteiger partial charge in [-0.2, -0.15) is 4.98 Å². The van der Waals surface area contributed by atoms with Gasteiger partial charge in [0.05, 0.1) is 31.1 Å². The Morgan fingerprint density at radius 2 is 1.83 bits per heavy atom. The fourth-order valence-corrected chi connectivity index (χ4v) is 5.06. The highest BCUT2D eigenvalue weighted by molar-refractivity contribution is 6.02. The van der Waals surface area contributed by atoms with Crippen LogP contribution >= 0.6 is 0 Å². The molecule has 0 radical (unpaired) electrons. The highest BCUT2D eigenvalue weighted by Gasteiger charge is 2.39. The van der Waals surface area contributed by atoms with Crippen molar-refractivity contribution in [1.29, 1.82) is 0 Å². The summed E-state index contributed by atoms with van der Waals surface area (Å²) in [5, 5.41) is 2.69. The summed E-state index contributed by atoms with van der Waals surface area (Å²) in [5.74, 6) is 0.676. The van der Waals surface area contributed by atoms with E-state index in [2.05, 4.69) is 10.2 Å². The lowest BCUT2D eigenvalue weighted by molar-refractivity contribution is 0.0297. The van der Waals surface area contributed by atoms with Gasteiger partial charge in [-0.3, -0.25) is 10.1 Å². The first-order valence-electron chi connectivity index (χ1n) is 12.6. The Balaban J connectivity index is 1.58. The Bertz CT molecular complexity index is 1140. The van der Waals surface area contributed by atoms with E-state index in [0.29, 0.717) is 55.0 Å². The first-order chi connectivity index (χ1) is 17.3. The molecule has 4 heterocycles. The zero-order valence-electron chi connectivity index (χ0n) is 21.2. The molecule has 2 aromatic rings. The van der Waals surface area contributed by atoms with Crippen molar-refractivity contribution in [3.8, 4) is 17.1 Å². The van der Waals surface area contributed by atoms with E-state index in [1.165, 1.54) is 0 Å². The van der Waals surface area contributed by atoms with Crippen molar-refractivity contribution < 1.29 is 23.8 Å². The van der Waals surface area contributed by atoms with Crippen molar-refractivity contribution in [2.75, 3.05) is 43.0 Å². The van der Waals surface area contributed by atoms with E-state index in [9.17, 15) is 9.59 Å². The van der Waals surface area contributed by atoms with Gasteiger partial charge in [-0.15, -0.1) is 0 Å². The van der Waals surface area contributed by atoms with Gasteiger partial charge in [0.15, 0.2) is 0 Å². The van der Waals surface area contributed by atoms with Crippen LogP contribution in [0.1, 0.15) is 50.9 Å². The third-order valence-corrected chi connectivity index (χ3v) is 6.70. The summed E-state index contributed by atoms with van der Waals surface area (Å²) in [7, 11) is 0. The Morgan fingerprint density at radius 1 is 1.14 bits per heavy atom. The highest BCUT2D eigenvalue weighted by atomic mass is 16.5. The molecule has 0 spiro atoms. The molecule has 192 valence electrons. The number of morpholine rings is 1. The topological polar surface area (TPSA) is 106 Å². The van der Waals surface area contributed by atoms with Gasteiger partial charge in [-0.1, -0.05) is 12.1 Å². The first kappa shape index (κ1) is 24.3. The predicted molar refractivity (Wildman–Crippen MR) is 135 cm³/mol. The fourth-order valence-electron chi connectivity index (χ4n) is 5.06. The number of rotatable bonds is 5. The molecule has 0 aliphatic carbocycles. The van der Waals surface area contributed by atoms with Gasteiger partial charge in [-0.25, -0.2) is 9.78 Å². The molecule has 1 aromatic heterocycles. The second-order valence-electron chi connectivity index (χ2n) is 10.0. The fraction of sp³-hybridized carbons (Fsp3) is 0.538. The number of nitrogens with one attached hydrogen (secondary N) is 1. The second kappa shape index (κ2) is 9.57. The molecule has 2 fully saturated rings. The van der Waals surface area contributed by atoms with Crippen molar-refractivity contribution in [2.24, 2.45) is 0 Å². The van der Waals surface area contributed by atoms with Gasteiger partial charge in [-0.05, 0) is 52.7 Å². The lowest BCUT2D eigenvalue weighted by atomic mass is 10.0. The highest BCUT2D eigenvalue weighted by Crippen LogP contribution is 2.37. The minimum atomic E-state index is -0.614. The lowest BCUT2D eigenvalue weighted by Gasteiger charge is -2.33. The molecule has 0 saturated carbocycles. The molecule has 2 unspecified atom stereocenters. The second-order valence-corrected chi connectivity index (χ2v) is 10.0. The van der Waals surface area contributed by atoms with Crippen LogP contribution in [0.2, 0.25) is 0 Å². The SMILES string of the molecule is CCOC(=O)Nc1ccc(-c2nc(N3CC4CCC(C3)O4)nc3c2C(=O)N(CC)CC(C)(C)O3)cc1. The normalized spacial score (nSPS) is 22.5. The van der Waals surface area contributed by atoms with E-state index < -0.39 is 11.7 Å². The summed E-state index contributed by atoms with van der Waals surface area (Å²) >= 11 is 0. The van der Waals surface area contributed by atoms with Gasteiger partial charge in [0.25, 0.3) is 5.91 Å². The van der Waals surface area contributed by atoms with E-state index >= 15 is 0 Å². The molecule has 2 bridgehead atoms. The molecule has 3 aliphatic rings. The van der Waals surface area contributed by atoms with Crippen LogP contribution in [0.15, 0.2) is 24.3 Å². The zero-order chi connectivity index (χ0) is 25.4. The smallest absolute Gasteiger partial charge is 0.411 e. The molecule has 2 saturated heterocycles. The molecule has 10 heteroatoms. The van der Waals surface area contributed by atoms with Crippen LogP contribution in [0.4, 0.5) is 16.4 Å². The quantitative estimate of drug-likeness (QED) is 0.669. The standard InChI is InChI=1S/C26H33N5O5/c1-5-30-15-26(3,4)36-22-20(23(30)32)21(16-7-9-17(10-8-16)27-25(33)34-6-2)28-24(29-22)31-13-18-11-12-19(14-31)35-18/h7-10,18-19H,5-6,11-15H2,1-4H3,(H,27,33). The number of fused-ring (bicyclic) bond motifs is 3. The van der Waals surface area contributed by atoms with E-state index in [1.54, 1.807) is 24.0 Å². The third kappa shape index (κ3) is 4.82. The van der Waals surface area contributed by atoms with E-state index in [4.69, 9.17) is 24.2 Å². The number of amides is 2. The summed E-state index contributed by atoms with van der Waals surface area (Å²) in [4.78, 5) is 39.1. The van der Waals surface area contributed by atoms with Crippen molar-refractivity contribution in [2.45, 2.75) is 58.3 Å². The van der Waals surface area contributed by atoms with Crippen molar-refractivity contribution in [1.82, 2.24) is 14.9 Å². The summed E-state index contributed by atoms with van der Waals surface area (Å²) < 4.78 is 17.3. The molecular formula is C26H33N5O5. The molecule has 2 atom stereocenters. The summed E-state index contributed by atoms with van der Waals surface area (Å²) in [5.41, 5.74) is 1.57. The first-order valence-corrected chi connectivity index (χ1v) is 12.6. The Hall–Kier alpha value is -3.40. The maximum Gasteiger partial charge on any atom is 0.411 e. The number of likely N-dealkylation sites (N-methyl/N-ethyl adjacent to an activating group) is 1. The number of benzene rings is 1. The van der Waals surface area contributed by atoms with Crippen molar-refractivity contribution in [3.63, 3.8) is 0 Å². The lowest BCUT2D eigenvalue weighted by Crippen LogP contribution is -2.43. The Morgan fingerprint density at radius 3 is 2.47 bits per heavy atom. The predicted octanol–water partition coefficient (Wildman–Crippen LogP) is 3.71. The van der Waals surface area contributed by atoms with E-state index in [0.717, 1.165) is 18.4 Å². The molecule has 1 aromatic carbocycles. The Labute approximate surface area is 210 Å². The monoisotopic (exact) mass is 495 g/mol. The van der Waals surface area contributed by atoms with E-state index in [1.807, 2.05) is 32.9 Å². The number of hydrogen-bond donors (Lipinski definition) is 1. The van der Waals surface area contributed by atoms with Gasteiger partial charge in [0.2, 0.25) is 11.8 Å². The average molecular weight is 496 g/mol. The van der Waals surface area contributed by atoms with Crippen LogP contribution in [-0.4, -0.2) is 77.5 Å². The maximum absolute atomic E-state index is 13.7. The number of carbonyl (C=O) groups is 2. The summed E-state index contributed by atoms with van der Waals surface area (Å²) in [6, 6.07) is 7.19. The molecule has 3 aliphatic heterocycles. The van der Waals surface area contributed by atoms with Gasteiger partial charge < -0.3 is 24.0 Å². The number of carbonyl (C=O) groups excluding carboxylic acids is 2. The summed E-state index contributed by atoms with van der Waals surface area (Å²) in [6.45, 7) is 10.3. The van der Waals surface area contributed by atoms with Crippen LogP contribution in [-0.2, 0) is 9.47 Å². The van der Waals surface area contributed by atoms with Crippen LogP contribution in [0, 0.1) is 0 Å². The minimum Gasteiger partial charge on any atom is -0.469 e. The number of hydrogen-bond acceptors (Lipinski definition) is 8. The molecule has 5 rings (SSSR count). The van der Waals surface area contributed by atoms with Crippen LogP contribution in [0.25, 0.3) is 11.3 Å². The van der Waals surface area contributed by atoms with Crippen LogP contribution in [0.3, 0.4) is 0 Å². The van der Waals surface area contributed by atoms with Crippen LogP contribution < -0.4 is 15.0 Å². The molecular weight excluding hydrogens is 462 g/mol. The third-order valence-electron chi connectivity index (χ3n) is 6.70. The average Bonchev–Trinajstić information content (AvgIpc) is 3.14. The number of aromatic nitrogens is 2. The van der Waals surface area contributed by atoms with Crippen molar-refractivity contribution in [3.05, 3.63) is 29.8 Å². The number of anilines is 2. The number of ether oxygens (including phenoxy) is 3. The molecule has 1 N–H and O–H groups in total. The van der Waals surface area contributed by atoms with Crippen LogP contribution in [0.5, 0.6) is 5.88 Å². The Kier molecular flexibility index (Phi) is 6.46. The summed E-state index contributed by atoms with van der Waals surface area (Å²) in [6.07, 6.45) is 1.87. The molecule has 36 heavy (non-hydrogen) atoms. The largest absolute Gasteiger partial charge is 0.469 e. The minimum absolute atomic E-state index is 0.157. The van der Waals surface area contributed by atoms with Crippen molar-refractivity contribution >= 4 is 23.6 Å².